The molecule has 1 aromatic carbocycles. The normalized spacial score (nSPS) is 12.2. The fraction of sp³-hybridized carbons (Fsp3) is 0.630. The summed E-state index contributed by atoms with van der Waals surface area (Å²) in [6.07, 6.45) is 20.3. The van der Waals surface area contributed by atoms with E-state index in [1.54, 1.807) is 12.1 Å². The van der Waals surface area contributed by atoms with E-state index in [9.17, 15) is 9.59 Å². The topological polar surface area (TPSA) is 43.4 Å². The Balaban J connectivity index is 2.10. The number of allylic oxidation sites excluding steroid dienone is 1. The van der Waals surface area contributed by atoms with E-state index in [1.165, 1.54) is 71.3 Å². The zero-order valence-electron chi connectivity index (χ0n) is 19.5. The van der Waals surface area contributed by atoms with Gasteiger partial charge in [0, 0.05) is 12.3 Å². The fourth-order valence-corrected chi connectivity index (χ4v) is 3.58. The van der Waals surface area contributed by atoms with Gasteiger partial charge in [-0.25, -0.2) is 4.79 Å². The number of ether oxygens (including phenoxy) is 1. The molecule has 3 heteroatoms. The molecule has 0 aliphatic carbocycles. The number of carbonyl (C=O) groups excluding carboxylic acids is 2. The van der Waals surface area contributed by atoms with E-state index in [-0.39, 0.29) is 11.9 Å². The van der Waals surface area contributed by atoms with Gasteiger partial charge in [-0.2, -0.15) is 0 Å². The molecule has 0 heterocycles. The highest BCUT2D eigenvalue weighted by Crippen LogP contribution is 2.15. The summed E-state index contributed by atoms with van der Waals surface area (Å²) in [5, 5.41) is 0. The number of rotatable bonds is 17. The summed E-state index contributed by atoms with van der Waals surface area (Å²) < 4.78 is 4.70. The summed E-state index contributed by atoms with van der Waals surface area (Å²) in [6, 6.07) is 7.21. The highest BCUT2D eigenvalue weighted by molar-refractivity contribution is 5.89. The molecule has 1 unspecified atom stereocenters. The minimum atomic E-state index is -0.337. The molecule has 1 atom stereocenters. The molecule has 0 amide bonds. The molecule has 168 valence electrons. The van der Waals surface area contributed by atoms with E-state index in [0.29, 0.717) is 17.8 Å². The van der Waals surface area contributed by atoms with Gasteiger partial charge in [-0.05, 0) is 24.1 Å². The lowest BCUT2D eigenvalue weighted by Crippen LogP contribution is -2.07. The first-order valence-corrected chi connectivity index (χ1v) is 12.0. The van der Waals surface area contributed by atoms with Crippen LogP contribution in [-0.2, 0) is 9.53 Å². The van der Waals surface area contributed by atoms with Crippen molar-refractivity contribution in [3.05, 3.63) is 41.5 Å². The number of carbonyl (C=O) groups is 2. The monoisotopic (exact) mass is 414 g/mol. The SMILES string of the molecule is CCCCCCCCCCCCCCC(=O)C(C)C=Cc1ccc(C(=O)OC)cc1. The molecule has 0 saturated carbocycles. The van der Waals surface area contributed by atoms with Crippen LogP contribution < -0.4 is 0 Å². The Kier molecular flexibility index (Phi) is 14.7. The number of hydrogen-bond donors (Lipinski definition) is 0. The average Bonchev–Trinajstić information content (AvgIpc) is 2.77. The molecule has 1 aromatic rings. The number of Topliss-reactive ketones (excluding diaryl/α,β-unsaturated/α-hetero) is 1. The summed E-state index contributed by atoms with van der Waals surface area (Å²) in [6.45, 7) is 4.22. The Labute approximate surface area is 184 Å². The molecular weight excluding hydrogens is 372 g/mol. The van der Waals surface area contributed by atoms with Crippen molar-refractivity contribution in [2.24, 2.45) is 5.92 Å². The van der Waals surface area contributed by atoms with Crippen LogP contribution in [0.3, 0.4) is 0 Å². The summed E-state index contributed by atoms with van der Waals surface area (Å²) >= 11 is 0. The molecule has 0 radical (unpaired) electrons. The number of esters is 1. The number of methoxy groups -OCH3 is 1. The van der Waals surface area contributed by atoms with Gasteiger partial charge in [0.25, 0.3) is 0 Å². The van der Waals surface area contributed by atoms with Crippen molar-refractivity contribution in [3.8, 4) is 0 Å². The van der Waals surface area contributed by atoms with Crippen LogP contribution in [0.5, 0.6) is 0 Å². The zero-order valence-corrected chi connectivity index (χ0v) is 19.5. The third-order valence-corrected chi connectivity index (χ3v) is 5.69. The standard InChI is InChI=1S/C27H42O3/c1-4-5-6-7-8-9-10-11-12-13-14-15-16-26(28)23(2)17-18-24-19-21-25(22-20-24)27(29)30-3/h17-23H,4-16H2,1-3H3. The number of benzene rings is 1. The molecule has 3 nitrogen and oxygen atoms in total. The number of ketones is 1. The van der Waals surface area contributed by atoms with Crippen LogP contribution in [0.4, 0.5) is 0 Å². The van der Waals surface area contributed by atoms with Crippen molar-refractivity contribution in [2.45, 2.75) is 97.3 Å². The lowest BCUT2D eigenvalue weighted by molar-refractivity contribution is -0.121. The second kappa shape index (κ2) is 16.8. The van der Waals surface area contributed by atoms with E-state index >= 15 is 0 Å². The molecule has 0 aliphatic heterocycles. The van der Waals surface area contributed by atoms with Crippen LogP contribution in [0.1, 0.15) is 113 Å². The van der Waals surface area contributed by atoms with Gasteiger partial charge in [0.2, 0.25) is 0 Å². The lowest BCUT2D eigenvalue weighted by atomic mass is 9.98. The molecule has 0 bridgehead atoms. The van der Waals surface area contributed by atoms with Crippen LogP contribution >= 0.6 is 0 Å². The molecule has 30 heavy (non-hydrogen) atoms. The van der Waals surface area contributed by atoms with Crippen molar-refractivity contribution in [3.63, 3.8) is 0 Å². The van der Waals surface area contributed by atoms with Crippen LogP contribution in [0.25, 0.3) is 6.08 Å². The van der Waals surface area contributed by atoms with Gasteiger partial charge < -0.3 is 4.74 Å². The molecule has 1 rings (SSSR count). The van der Waals surface area contributed by atoms with Crippen LogP contribution in [0.15, 0.2) is 30.3 Å². The first-order chi connectivity index (χ1) is 14.6. The Bertz CT molecular complexity index is 616. The van der Waals surface area contributed by atoms with Crippen LogP contribution in [0.2, 0.25) is 0 Å². The van der Waals surface area contributed by atoms with Gasteiger partial charge >= 0.3 is 5.97 Å². The summed E-state index contributed by atoms with van der Waals surface area (Å²) in [4.78, 5) is 23.8. The largest absolute Gasteiger partial charge is 0.465 e. The van der Waals surface area contributed by atoms with Gasteiger partial charge in [0.05, 0.1) is 12.7 Å². The Morgan fingerprint density at radius 1 is 0.833 bits per heavy atom. The second-order valence-corrected chi connectivity index (χ2v) is 8.37. The molecule has 0 N–H and O–H groups in total. The maximum absolute atomic E-state index is 12.3. The molecule has 0 fully saturated rings. The van der Waals surface area contributed by atoms with Crippen molar-refractivity contribution in [2.75, 3.05) is 7.11 Å². The third kappa shape index (κ3) is 11.9. The molecule has 0 saturated heterocycles. The summed E-state index contributed by atoms with van der Waals surface area (Å²) in [7, 11) is 1.37. The fourth-order valence-electron chi connectivity index (χ4n) is 3.58. The van der Waals surface area contributed by atoms with Crippen LogP contribution in [-0.4, -0.2) is 18.9 Å². The van der Waals surface area contributed by atoms with Crippen molar-refractivity contribution >= 4 is 17.8 Å². The van der Waals surface area contributed by atoms with E-state index in [2.05, 4.69) is 6.92 Å². The minimum Gasteiger partial charge on any atom is -0.465 e. The van der Waals surface area contributed by atoms with Gasteiger partial charge in [0.1, 0.15) is 5.78 Å². The first-order valence-electron chi connectivity index (χ1n) is 12.0. The molecule has 0 aliphatic rings. The minimum absolute atomic E-state index is 0.0713. The molecular formula is C27H42O3. The highest BCUT2D eigenvalue weighted by atomic mass is 16.5. The predicted octanol–water partition coefficient (Wildman–Crippen LogP) is 7.78. The Morgan fingerprint density at radius 3 is 1.83 bits per heavy atom. The van der Waals surface area contributed by atoms with Crippen LogP contribution in [0, 0.1) is 5.92 Å². The Morgan fingerprint density at radius 2 is 1.33 bits per heavy atom. The van der Waals surface area contributed by atoms with E-state index in [0.717, 1.165) is 18.4 Å². The van der Waals surface area contributed by atoms with E-state index in [4.69, 9.17) is 4.74 Å². The maximum Gasteiger partial charge on any atom is 0.337 e. The van der Waals surface area contributed by atoms with Crippen molar-refractivity contribution in [1.82, 2.24) is 0 Å². The van der Waals surface area contributed by atoms with Gasteiger partial charge in [-0.3, -0.25) is 4.79 Å². The number of hydrogen-bond acceptors (Lipinski definition) is 3. The molecule has 0 aromatic heterocycles. The van der Waals surface area contributed by atoms with E-state index < -0.39 is 0 Å². The van der Waals surface area contributed by atoms with Gasteiger partial charge in [-0.1, -0.05) is 109 Å². The van der Waals surface area contributed by atoms with Gasteiger partial charge in [0.15, 0.2) is 0 Å². The predicted molar refractivity (Wildman–Crippen MR) is 127 cm³/mol. The Hall–Kier alpha value is -1.90. The maximum atomic E-state index is 12.3. The van der Waals surface area contributed by atoms with E-state index in [1.807, 2.05) is 31.2 Å². The first kappa shape index (κ1) is 26.1. The average molecular weight is 415 g/mol. The summed E-state index contributed by atoms with van der Waals surface area (Å²) in [5.74, 6) is -0.0982. The molecule has 0 spiro atoms. The zero-order chi connectivity index (χ0) is 22.0. The number of unbranched alkanes of at least 4 members (excludes halogenated alkanes) is 11. The van der Waals surface area contributed by atoms with Crippen molar-refractivity contribution in [1.29, 1.82) is 0 Å². The van der Waals surface area contributed by atoms with Crippen molar-refractivity contribution < 1.29 is 14.3 Å². The quantitative estimate of drug-likeness (QED) is 0.193. The lowest BCUT2D eigenvalue weighted by Gasteiger charge is -2.06. The summed E-state index contributed by atoms with van der Waals surface area (Å²) in [5.41, 5.74) is 1.51. The van der Waals surface area contributed by atoms with Gasteiger partial charge in [-0.15, -0.1) is 0 Å². The third-order valence-electron chi connectivity index (χ3n) is 5.69. The highest BCUT2D eigenvalue weighted by Gasteiger charge is 2.09. The second-order valence-electron chi connectivity index (χ2n) is 8.37. The smallest absolute Gasteiger partial charge is 0.337 e.